The summed E-state index contributed by atoms with van der Waals surface area (Å²) in [6.45, 7) is 8.34. The van der Waals surface area contributed by atoms with Crippen LogP contribution >= 0.6 is 0 Å². The molecule has 6 heteroatoms. The van der Waals surface area contributed by atoms with Gasteiger partial charge in [0.2, 0.25) is 0 Å². The zero-order chi connectivity index (χ0) is 17.9. The van der Waals surface area contributed by atoms with Gasteiger partial charge in [-0.1, -0.05) is 35.0 Å². The number of piperidine rings is 1. The molecule has 136 valence electrons. The lowest BCUT2D eigenvalue weighted by molar-refractivity contribution is 0.182. The molecule has 1 aromatic carbocycles. The van der Waals surface area contributed by atoms with E-state index in [-0.39, 0.29) is 0 Å². The van der Waals surface area contributed by atoms with Crippen molar-refractivity contribution in [2.24, 2.45) is 5.92 Å². The van der Waals surface area contributed by atoms with Gasteiger partial charge in [0.05, 0.1) is 5.69 Å². The third-order valence-electron chi connectivity index (χ3n) is 5.20. The number of fused-ring (bicyclic) bond motifs is 1. The maximum absolute atomic E-state index is 5.21. The van der Waals surface area contributed by atoms with Gasteiger partial charge in [-0.3, -0.25) is 4.90 Å². The Bertz CT molecular complexity index is 883. The summed E-state index contributed by atoms with van der Waals surface area (Å²) in [6, 6.07) is 8.82. The molecule has 1 saturated heterocycles. The quantitative estimate of drug-likeness (QED) is 0.758. The minimum Gasteiger partial charge on any atom is -0.369 e. The van der Waals surface area contributed by atoms with Gasteiger partial charge in [-0.15, -0.1) is 0 Å². The smallest absolute Gasteiger partial charge is 0.263 e. The molecular formula is C20H25N5O. The Labute approximate surface area is 153 Å². The molecule has 3 aromatic rings. The summed E-state index contributed by atoms with van der Waals surface area (Å²) >= 11 is 0. The van der Waals surface area contributed by atoms with E-state index in [9.17, 15) is 0 Å². The highest BCUT2D eigenvalue weighted by Gasteiger charge is 2.20. The van der Waals surface area contributed by atoms with E-state index < -0.39 is 0 Å². The fourth-order valence-electron chi connectivity index (χ4n) is 3.71. The van der Waals surface area contributed by atoms with Crippen LogP contribution < -0.4 is 5.32 Å². The summed E-state index contributed by atoms with van der Waals surface area (Å²) in [4.78, 5) is 11.1. The first-order valence-corrected chi connectivity index (χ1v) is 9.28. The maximum atomic E-state index is 5.21. The van der Waals surface area contributed by atoms with Crippen LogP contribution in [0, 0.1) is 19.8 Å². The van der Waals surface area contributed by atoms with Crippen LogP contribution in [0.15, 0.2) is 35.1 Å². The van der Waals surface area contributed by atoms with Crippen molar-refractivity contribution in [3.8, 4) is 0 Å². The van der Waals surface area contributed by atoms with Gasteiger partial charge in [0.25, 0.3) is 5.71 Å². The number of benzene rings is 1. The topological polar surface area (TPSA) is 67.1 Å². The molecule has 1 N–H and O–H groups in total. The third kappa shape index (κ3) is 3.70. The lowest BCUT2D eigenvalue weighted by atomic mass is 9.96. The molecule has 0 spiro atoms. The van der Waals surface area contributed by atoms with E-state index in [1.165, 1.54) is 30.3 Å². The SMILES string of the molecule is Cc1cccc(CN2CCC(CNc3ncnc4onc(C)c34)CC2)c1. The molecule has 3 heterocycles. The summed E-state index contributed by atoms with van der Waals surface area (Å²) in [5.74, 6) is 1.49. The van der Waals surface area contributed by atoms with Crippen molar-refractivity contribution in [2.75, 3.05) is 25.0 Å². The lowest BCUT2D eigenvalue weighted by Crippen LogP contribution is -2.35. The van der Waals surface area contributed by atoms with Crippen molar-refractivity contribution in [3.63, 3.8) is 0 Å². The van der Waals surface area contributed by atoms with Crippen molar-refractivity contribution in [3.05, 3.63) is 47.4 Å². The minimum absolute atomic E-state index is 0.549. The predicted octanol–water partition coefficient (Wildman–Crippen LogP) is 3.56. The molecule has 0 radical (unpaired) electrons. The van der Waals surface area contributed by atoms with Gasteiger partial charge in [-0.05, 0) is 51.3 Å². The highest BCUT2D eigenvalue weighted by atomic mass is 16.5. The Morgan fingerprint density at radius 1 is 1.19 bits per heavy atom. The van der Waals surface area contributed by atoms with Crippen LogP contribution in [0.5, 0.6) is 0 Å². The molecular weight excluding hydrogens is 326 g/mol. The summed E-state index contributed by atoms with van der Waals surface area (Å²) < 4.78 is 5.21. The summed E-state index contributed by atoms with van der Waals surface area (Å²) in [6.07, 6.45) is 3.94. The molecule has 2 aromatic heterocycles. The normalized spacial score (nSPS) is 16.2. The second-order valence-corrected chi connectivity index (χ2v) is 7.26. The van der Waals surface area contributed by atoms with Gasteiger partial charge < -0.3 is 9.84 Å². The number of likely N-dealkylation sites (tertiary alicyclic amines) is 1. The minimum atomic E-state index is 0.549. The number of hydrogen-bond donors (Lipinski definition) is 1. The van der Waals surface area contributed by atoms with E-state index in [2.05, 4.69) is 56.5 Å². The number of hydrogen-bond acceptors (Lipinski definition) is 6. The first kappa shape index (κ1) is 17.0. The molecule has 0 saturated carbocycles. The summed E-state index contributed by atoms with van der Waals surface area (Å²) in [5, 5.41) is 8.36. The monoisotopic (exact) mass is 351 g/mol. The first-order valence-electron chi connectivity index (χ1n) is 9.28. The molecule has 26 heavy (non-hydrogen) atoms. The van der Waals surface area contributed by atoms with Crippen molar-refractivity contribution >= 4 is 16.9 Å². The highest BCUT2D eigenvalue weighted by Crippen LogP contribution is 2.24. The van der Waals surface area contributed by atoms with E-state index in [4.69, 9.17) is 4.52 Å². The number of nitrogens with zero attached hydrogens (tertiary/aromatic N) is 4. The van der Waals surface area contributed by atoms with Crippen LogP contribution in [0.4, 0.5) is 5.82 Å². The van der Waals surface area contributed by atoms with Gasteiger partial charge in [0.1, 0.15) is 17.5 Å². The van der Waals surface area contributed by atoms with Crippen LogP contribution in [0.3, 0.4) is 0 Å². The van der Waals surface area contributed by atoms with E-state index in [0.717, 1.165) is 43.1 Å². The molecule has 0 aliphatic carbocycles. The molecule has 0 amide bonds. The zero-order valence-electron chi connectivity index (χ0n) is 15.4. The van der Waals surface area contributed by atoms with Crippen LogP contribution in [-0.4, -0.2) is 39.7 Å². The van der Waals surface area contributed by atoms with Crippen LogP contribution in [0.2, 0.25) is 0 Å². The molecule has 0 bridgehead atoms. The first-order chi connectivity index (χ1) is 12.7. The lowest BCUT2D eigenvalue weighted by Gasteiger charge is -2.32. The third-order valence-corrected chi connectivity index (χ3v) is 5.20. The number of rotatable bonds is 5. The van der Waals surface area contributed by atoms with Crippen LogP contribution in [0.25, 0.3) is 11.1 Å². The van der Waals surface area contributed by atoms with E-state index in [1.54, 1.807) is 0 Å². The zero-order valence-corrected chi connectivity index (χ0v) is 15.4. The number of aryl methyl sites for hydroxylation is 2. The number of anilines is 1. The van der Waals surface area contributed by atoms with Gasteiger partial charge in [-0.2, -0.15) is 4.98 Å². The molecule has 0 unspecified atom stereocenters. The summed E-state index contributed by atoms with van der Waals surface area (Å²) in [5.41, 5.74) is 4.12. The average Bonchev–Trinajstić information content (AvgIpc) is 3.03. The van der Waals surface area contributed by atoms with E-state index in [0.29, 0.717) is 11.6 Å². The highest BCUT2D eigenvalue weighted by molar-refractivity contribution is 5.87. The molecule has 4 rings (SSSR count). The molecule has 1 aliphatic heterocycles. The van der Waals surface area contributed by atoms with E-state index >= 15 is 0 Å². The maximum Gasteiger partial charge on any atom is 0.263 e. The Balaban J connectivity index is 1.30. The van der Waals surface area contributed by atoms with Crippen molar-refractivity contribution in [1.82, 2.24) is 20.0 Å². The number of aromatic nitrogens is 3. The van der Waals surface area contributed by atoms with Crippen molar-refractivity contribution < 1.29 is 4.52 Å². The van der Waals surface area contributed by atoms with Crippen LogP contribution in [0.1, 0.15) is 29.7 Å². The molecule has 6 nitrogen and oxygen atoms in total. The standard InChI is InChI=1S/C20H25N5O/c1-14-4-3-5-17(10-14)12-25-8-6-16(7-9-25)11-21-19-18-15(2)24-26-20(18)23-13-22-19/h3-5,10,13,16H,6-9,11-12H2,1-2H3,(H,21,22,23). The van der Waals surface area contributed by atoms with Gasteiger partial charge in [0.15, 0.2) is 0 Å². The van der Waals surface area contributed by atoms with Gasteiger partial charge in [-0.25, -0.2) is 4.98 Å². The van der Waals surface area contributed by atoms with Crippen molar-refractivity contribution in [1.29, 1.82) is 0 Å². The predicted molar refractivity (Wildman–Crippen MR) is 102 cm³/mol. The number of nitrogens with one attached hydrogen (secondary N) is 1. The van der Waals surface area contributed by atoms with Crippen LogP contribution in [-0.2, 0) is 6.54 Å². The van der Waals surface area contributed by atoms with Gasteiger partial charge in [0, 0.05) is 13.1 Å². The Morgan fingerprint density at radius 2 is 2.04 bits per heavy atom. The molecule has 0 atom stereocenters. The Morgan fingerprint density at radius 3 is 2.85 bits per heavy atom. The Kier molecular flexibility index (Phi) is 4.84. The largest absolute Gasteiger partial charge is 0.369 e. The van der Waals surface area contributed by atoms with Crippen molar-refractivity contribution in [2.45, 2.75) is 33.2 Å². The molecule has 1 aliphatic rings. The molecule has 1 fully saturated rings. The second kappa shape index (κ2) is 7.41. The second-order valence-electron chi connectivity index (χ2n) is 7.26. The summed E-state index contributed by atoms with van der Waals surface area (Å²) in [7, 11) is 0. The fourth-order valence-corrected chi connectivity index (χ4v) is 3.71. The fraction of sp³-hybridized carbons (Fsp3) is 0.450. The Hall–Kier alpha value is -2.47. The van der Waals surface area contributed by atoms with E-state index in [1.807, 2.05) is 6.92 Å². The average molecular weight is 351 g/mol. The van der Waals surface area contributed by atoms with Gasteiger partial charge >= 0.3 is 0 Å².